The van der Waals surface area contributed by atoms with Crippen molar-refractivity contribution in [3.8, 4) is 0 Å². The molecule has 2 rings (SSSR count). The molecule has 2 aromatic rings. The smallest absolute Gasteiger partial charge is 0.246 e. The van der Waals surface area contributed by atoms with E-state index in [1.165, 1.54) is 12.1 Å². The van der Waals surface area contributed by atoms with Crippen molar-refractivity contribution in [3.05, 3.63) is 46.2 Å². The Hall–Kier alpha value is -1.79. The van der Waals surface area contributed by atoms with Crippen LogP contribution in [0.25, 0.3) is 0 Å². The quantitative estimate of drug-likeness (QED) is 0.307. The van der Waals surface area contributed by atoms with Crippen molar-refractivity contribution < 1.29 is 13.9 Å². The molecule has 0 saturated carbocycles. The first-order valence-corrected chi connectivity index (χ1v) is 9.82. The molecule has 1 atom stereocenters. The number of halogens is 2. The van der Waals surface area contributed by atoms with Crippen molar-refractivity contribution in [2.24, 2.45) is 4.99 Å². The summed E-state index contributed by atoms with van der Waals surface area (Å²) in [6.07, 6.45) is -0.0440. The summed E-state index contributed by atoms with van der Waals surface area (Å²) >= 11 is 1.55. The summed E-state index contributed by atoms with van der Waals surface area (Å²) in [6.45, 7) is 5.04. The van der Waals surface area contributed by atoms with Gasteiger partial charge in [-0.2, -0.15) is 0 Å². The van der Waals surface area contributed by atoms with E-state index in [4.69, 9.17) is 4.74 Å². The van der Waals surface area contributed by atoms with Gasteiger partial charge in [0.05, 0.1) is 12.2 Å². The second kappa shape index (κ2) is 12.7. The monoisotopic (exact) mass is 535 g/mol. The van der Waals surface area contributed by atoms with Gasteiger partial charge in [0.2, 0.25) is 5.91 Å². The molecule has 0 aliphatic carbocycles. The predicted molar refractivity (Wildman–Crippen MR) is 125 cm³/mol. The first-order chi connectivity index (χ1) is 13.4. The lowest BCUT2D eigenvalue weighted by atomic mass is 10.3. The van der Waals surface area contributed by atoms with Crippen LogP contribution in [-0.2, 0) is 16.1 Å². The van der Waals surface area contributed by atoms with Crippen LogP contribution in [0.2, 0.25) is 0 Å². The van der Waals surface area contributed by atoms with Crippen LogP contribution < -0.4 is 10.6 Å². The molecule has 7 nitrogen and oxygen atoms in total. The third-order valence-electron chi connectivity index (χ3n) is 3.85. The van der Waals surface area contributed by atoms with Gasteiger partial charge in [-0.1, -0.05) is 6.07 Å². The van der Waals surface area contributed by atoms with Crippen LogP contribution in [0, 0.1) is 5.82 Å². The first kappa shape index (κ1) is 25.2. The number of hydrogen-bond acceptors (Lipinski definition) is 5. The zero-order valence-electron chi connectivity index (χ0n) is 16.9. The largest absolute Gasteiger partial charge is 0.375 e. The second-order valence-electron chi connectivity index (χ2n) is 6.14. The van der Waals surface area contributed by atoms with Crippen molar-refractivity contribution in [2.45, 2.75) is 26.5 Å². The molecule has 1 aromatic heterocycles. The van der Waals surface area contributed by atoms with Crippen LogP contribution >= 0.6 is 35.3 Å². The summed E-state index contributed by atoms with van der Waals surface area (Å²) < 4.78 is 18.5. The van der Waals surface area contributed by atoms with Crippen molar-refractivity contribution in [3.63, 3.8) is 0 Å². The zero-order valence-corrected chi connectivity index (χ0v) is 20.1. The van der Waals surface area contributed by atoms with E-state index in [-0.39, 0.29) is 42.5 Å². The second-order valence-corrected chi connectivity index (χ2v) is 7.03. The fourth-order valence-electron chi connectivity index (χ4n) is 2.38. The molecule has 0 radical (unpaired) electrons. The van der Waals surface area contributed by atoms with Gasteiger partial charge in [0.15, 0.2) is 5.96 Å². The van der Waals surface area contributed by atoms with E-state index in [2.05, 4.69) is 20.6 Å². The molecule has 2 N–H and O–H groups in total. The average Bonchev–Trinajstić information content (AvgIpc) is 3.12. The zero-order chi connectivity index (χ0) is 20.5. The highest BCUT2D eigenvalue weighted by molar-refractivity contribution is 14.0. The average molecular weight is 535 g/mol. The standard InChI is InChI=1S/C19H26FN5O2S.HI/c1-5-21-19(22-10-17(26)23-15-8-6-7-14(20)9-15)25(3)11-16-12-28-18(24-16)13(2)27-4;/h6-9,12-13H,5,10-11H2,1-4H3,(H,21,22)(H,23,26);1H. The van der Waals surface area contributed by atoms with E-state index in [0.29, 0.717) is 24.7 Å². The van der Waals surface area contributed by atoms with Gasteiger partial charge in [0.1, 0.15) is 23.5 Å². The number of methoxy groups -OCH3 is 1. The molecule has 1 aromatic carbocycles. The Labute approximate surface area is 191 Å². The van der Waals surface area contributed by atoms with Crippen LogP contribution in [0.15, 0.2) is 34.6 Å². The molecular formula is C19H27FIN5O2S. The molecule has 0 aliphatic rings. The molecule has 1 heterocycles. The highest BCUT2D eigenvalue weighted by Crippen LogP contribution is 2.20. The molecule has 1 amide bonds. The molecule has 0 aliphatic heterocycles. The predicted octanol–water partition coefficient (Wildman–Crippen LogP) is 3.64. The summed E-state index contributed by atoms with van der Waals surface area (Å²) in [5, 5.41) is 8.70. The van der Waals surface area contributed by atoms with E-state index in [1.54, 1.807) is 30.6 Å². The number of carbonyl (C=O) groups is 1. The van der Waals surface area contributed by atoms with Gasteiger partial charge in [-0.3, -0.25) is 4.79 Å². The van der Waals surface area contributed by atoms with E-state index in [9.17, 15) is 9.18 Å². The summed E-state index contributed by atoms with van der Waals surface area (Å²) in [6, 6.07) is 5.75. The van der Waals surface area contributed by atoms with E-state index >= 15 is 0 Å². The minimum Gasteiger partial charge on any atom is -0.375 e. The van der Waals surface area contributed by atoms with Crippen molar-refractivity contribution in [2.75, 3.05) is 32.6 Å². The van der Waals surface area contributed by atoms with Gasteiger partial charge in [-0.25, -0.2) is 14.4 Å². The number of rotatable bonds is 8. The van der Waals surface area contributed by atoms with Gasteiger partial charge in [-0.05, 0) is 32.0 Å². The fourth-order valence-corrected chi connectivity index (χ4v) is 3.23. The number of anilines is 1. The van der Waals surface area contributed by atoms with Crippen LogP contribution in [0.1, 0.15) is 30.7 Å². The van der Waals surface area contributed by atoms with Crippen LogP contribution in [0.4, 0.5) is 10.1 Å². The third-order valence-corrected chi connectivity index (χ3v) is 4.90. The molecular weight excluding hydrogens is 508 g/mol. The number of nitrogens with zero attached hydrogens (tertiary/aromatic N) is 3. The van der Waals surface area contributed by atoms with E-state index in [0.717, 1.165) is 10.7 Å². The van der Waals surface area contributed by atoms with Gasteiger partial charge >= 0.3 is 0 Å². The molecule has 1 unspecified atom stereocenters. The van der Waals surface area contributed by atoms with Crippen LogP contribution in [-0.4, -0.2) is 49.0 Å². The molecule has 0 bridgehead atoms. The highest BCUT2D eigenvalue weighted by Gasteiger charge is 2.13. The maximum Gasteiger partial charge on any atom is 0.246 e. The molecule has 10 heteroatoms. The Morgan fingerprint density at radius 1 is 1.45 bits per heavy atom. The number of benzene rings is 1. The molecule has 0 spiro atoms. The summed E-state index contributed by atoms with van der Waals surface area (Å²) in [5.41, 5.74) is 1.31. The molecule has 160 valence electrons. The number of guanidine groups is 1. The number of amides is 1. The fraction of sp³-hybridized carbons (Fsp3) is 0.421. The number of carbonyl (C=O) groups excluding carboxylic acids is 1. The Kier molecular flexibility index (Phi) is 11.1. The van der Waals surface area contributed by atoms with E-state index < -0.39 is 5.82 Å². The Morgan fingerprint density at radius 3 is 2.86 bits per heavy atom. The van der Waals surface area contributed by atoms with Gasteiger partial charge < -0.3 is 20.3 Å². The summed E-state index contributed by atoms with van der Waals surface area (Å²) in [5.74, 6) is -0.134. The van der Waals surface area contributed by atoms with Crippen molar-refractivity contribution >= 4 is 52.9 Å². The number of thiazole rings is 1. The Bertz CT molecular complexity index is 817. The SMILES string of the molecule is CCNC(=NCC(=O)Nc1cccc(F)c1)N(C)Cc1csc(C(C)OC)n1.I. The Balaban J connectivity index is 0.00000420. The molecule has 0 fully saturated rings. The highest BCUT2D eigenvalue weighted by atomic mass is 127. The van der Waals surface area contributed by atoms with Crippen molar-refractivity contribution in [1.82, 2.24) is 15.2 Å². The number of aromatic nitrogens is 1. The molecule has 29 heavy (non-hydrogen) atoms. The lowest BCUT2D eigenvalue weighted by Crippen LogP contribution is -2.39. The number of aliphatic imine (C=N–C) groups is 1. The lowest BCUT2D eigenvalue weighted by molar-refractivity contribution is -0.114. The maximum absolute atomic E-state index is 13.2. The number of nitrogens with one attached hydrogen (secondary N) is 2. The normalized spacial score (nSPS) is 12.1. The van der Waals surface area contributed by atoms with E-state index in [1.807, 2.05) is 31.2 Å². The maximum atomic E-state index is 13.2. The number of hydrogen-bond donors (Lipinski definition) is 2. The lowest BCUT2D eigenvalue weighted by Gasteiger charge is -2.21. The van der Waals surface area contributed by atoms with Crippen molar-refractivity contribution in [1.29, 1.82) is 0 Å². The first-order valence-electron chi connectivity index (χ1n) is 8.94. The van der Waals surface area contributed by atoms with Gasteiger partial charge in [0.25, 0.3) is 0 Å². The summed E-state index contributed by atoms with van der Waals surface area (Å²) in [4.78, 5) is 23.0. The van der Waals surface area contributed by atoms with Crippen LogP contribution in [0.3, 0.4) is 0 Å². The number of ether oxygens (including phenoxy) is 1. The van der Waals surface area contributed by atoms with Gasteiger partial charge in [0, 0.05) is 31.8 Å². The van der Waals surface area contributed by atoms with Gasteiger partial charge in [-0.15, -0.1) is 35.3 Å². The van der Waals surface area contributed by atoms with Crippen LogP contribution in [0.5, 0.6) is 0 Å². The summed E-state index contributed by atoms with van der Waals surface area (Å²) in [7, 11) is 3.54. The molecule has 0 saturated heterocycles. The Morgan fingerprint density at radius 2 is 2.21 bits per heavy atom. The minimum atomic E-state index is -0.403. The minimum absolute atomic E-state index is 0. The topological polar surface area (TPSA) is 78.9 Å². The third kappa shape index (κ3) is 8.23.